The maximum Gasteiger partial charge on any atom is 0.213 e. The normalized spacial score (nSPS) is 9.53. The van der Waals surface area contributed by atoms with E-state index in [9.17, 15) is 0 Å². The van der Waals surface area contributed by atoms with Gasteiger partial charge in [-0.15, -0.1) is 0 Å². The van der Waals surface area contributed by atoms with Crippen molar-refractivity contribution in [1.82, 2.24) is 20.1 Å². The average molecular weight is 202 g/mol. The number of hydrogen-bond donors (Lipinski definition) is 1. The first-order chi connectivity index (χ1) is 7.38. The van der Waals surface area contributed by atoms with Gasteiger partial charge in [-0.05, 0) is 0 Å². The third-order valence-electron chi connectivity index (χ3n) is 1.60. The second-order valence-electron chi connectivity index (χ2n) is 2.60. The summed E-state index contributed by atoms with van der Waals surface area (Å²) in [5.74, 6) is 1.08. The molecule has 0 saturated carbocycles. The average Bonchev–Trinajstić information content (AvgIpc) is 2.80. The summed E-state index contributed by atoms with van der Waals surface area (Å²) in [5, 5.41) is 15.0. The molecule has 0 unspecified atom stereocenters. The molecule has 15 heavy (non-hydrogen) atoms. The van der Waals surface area contributed by atoms with Crippen molar-refractivity contribution in [3.05, 3.63) is 30.3 Å². The Bertz CT molecular complexity index is 457. The Hall–Kier alpha value is -2.49. The van der Waals surface area contributed by atoms with E-state index in [0.29, 0.717) is 18.2 Å². The quantitative estimate of drug-likeness (QED) is 0.765. The Balaban J connectivity index is 1.97. The zero-order chi connectivity index (χ0) is 10.5. The van der Waals surface area contributed by atoms with Crippen molar-refractivity contribution >= 4 is 5.82 Å². The molecule has 7 heteroatoms. The van der Waals surface area contributed by atoms with E-state index in [4.69, 9.17) is 5.26 Å². The lowest BCUT2D eigenvalue weighted by Crippen LogP contribution is -2.03. The number of nitrogens with one attached hydrogen (secondary N) is 1. The zero-order valence-electron chi connectivity index (χ0n) is 7.58. The number of aromatic nitrogens is 4. The second kappa shape index (κ2) is 4.15. The van der Waals surface area contributed by atoms with Crippen LogP contribution in [0.4, 0.5) is 5.82 Å². The summed E-state index contributed by atoms with van der Waals surface area (Å²) in [5.41, 5.74) is 0.278. The molecular weight excluding hydrogens is 196 g/mol. The van der Waals surface area contributed by atoms with Crippen LogP contribution in [-0.2, 0) is 6.54 Å². The molecule has 2 heterocycles. The minimum Gasteiger partial charge on any atom is -0.361 e. The van der Waals surface area contributed by atoms with Crippen molar-refractivity contribution in [3.63, 3.8) is 0 Å². The molecule has 0 aliphatic rings. The fourth-order valence-corrected chi connectivity index (χ4v) is 0.917. The molecule has 2 aromatic rings. The summed E-state index contributed by atoms with van der Waals surface area (Å²) >= 11 is 0. The van der Waals surface area contributed by atoms with Crippen molar-refractivity contribution in [2.75, 3.05) is 5.32 Å². The predicted molar refractivity (Wildman–Crippen MR) is 48.4 cm³/mol. The van der Waals surface area contributed by atoms with Gasteiger partial charge in [-0.1, -0.05) is 5.16 Å². The Morgan fingerprint density at radius 3 is 2.87 bits per heavy atom. The minimum absolute atomic E-state index is 0.278. The molecule has 0 saturated heterocycles. The van der Waals surface area contributed by atoms with Crippen LogP contribution in [0.5, 0.6) is 0 Å². The largest absolute Gasteiger partial charge is 0.361 e. The lowest BCUT2D eigenvalue weighted by molar-refractivity contribution is 0.411. The Kier molecular flexibility index (Phi) is 2.51. The highest BCUT2D eigenvalue weighted by Crippen LogP contribution is 2.01. The smallest absolute Gasteiger partial charge is 0.213 e. The second-order valence-corrected chi connectivity index (χ2v) is 2.60. The van der Waals surface area contributed by atoms with Gasteiger partial charge in [0.25, 0.3) is 0 Å². The fourth-order valence-electron chi connectivity index (χ4n) is 0.917. The van der Waals surface area contributed by atoms with E-state index in [-0.39, 0.29) is 5.69 Å². The molecule has 2 rings (SSSR count). The fraction of sp³-hybridized carbons (Fsp3) is 0.125. The Morgan fingerprint density at radius 2 is 2.27 bits per heavy atom. The molecule has 0 aliphatic heterocycles. The van der Waals surface area contributed by atoms with Crippen LogP contribution in [0.25, 0.3) is 0 Å². The van der Waals surface area contributed by atoms with Crippen LogP contribution in [0.1, 0.15) is 11.5 Å². The number of nitriles is 1. The maximum absolute atomic E-state index is 8.50. The van der Waals surface area contributed by atoms with Gasteiger partial charge in [0.15, 0.2) is 11.5 Å². The lowest BCUT2D eigenvalue weighted by atomic mass is 10.5. The van der Waals surface area contributed by atoms with Gasteiger partial charge in [0.1, 0.15) is 11.9 Å². The summed E-state index contributed by atoms with van der Waals surface area (Å²) < 4.78 is 4.56. The van der Waals surface area contributed by atoms with E-state index in [1.165, 1.54) is 18.8 Å². The molecule has 0 aromatic carbocycles. The highest BCUT2D eigenvalue weighted by molar-refractivity contribution is 5.33. The minimum atomic E-state index is 0.278. The number of anilines is 1. The molecule has 0 amide bonds. The molecule has 0 atom stereocenters. The Labute approximate surface area is 84.8 Å². The van der Waals surface area contributed by atoms with E-state index in [1.54, 1.807) is 0 Å². The van der Waals surface area contributed by atoms with E-state index in [1.807, 2.05) is 6.07 Å². The highest BCUT2D eigenvalue weighted by atomic mass is 16.5. The summed E-state index contributed by atoms with van der Waals surface area (Å²) in [6.45, 7) is 0.400. The number of hydrogen-bond acceptors (Lipinski definition) is 7. The maximum atomic E-state index is 8.50. The van der Waals surface area contributed by atoms with Crippen molar-refractivity contribution in [2.45, 2.75) is 6.54 Å². The van der Waals surface area contributed by atoms with Gasteiger partial charge in [0, 0.05) is 0 Å². The molecule has 0 aliphatic carbocycles. The van der Waals surface area contributed by atoms with Crippen molar-refractivity contribution in [3.8, 4) is 6.07 Å². The van der Waals surface area contributed by atoms with Gasteiger partial charge in [-0.25, -0.2) is 9.97 Å². The van der Waals surface area contributed by atoms with E-state index >= 15 is 0 Å². The van der Waals surface area contributed by atoms with Crippen LogP contribution in [0.2, 0.25) is 0 Å². The molecule has 7 nitrogen and oxygen atoms in total. The van der Waals surface area contributed by atoms with Gasteiger partial charge >= 0.3 is 0 Å². The highest BCUT2D eigenvalue weighted by Gasteiger charge is 1.99. The summed E-state index contributed by atoms with van der Waals surface area (Å²) in [6.07, 6.45) is 4.11. The van der Waals surface area contributed by atoms with Gasteiger partial charge in [-0.2, -0.15) is 10.2 Å². The van der Waals surface area contributed by atoms with Gasteiger partial charge < -0.3 is 9.84 Å². The van der Waals surface area contributed by atoms with Crippen molar-refractivity contribution < 1.29 is 4.52 Å². The van der Waals surface area contributed by atoms with E-state index in [0.717, 1.165) is 0 Å². The molecule has 0 fully saturated rings. The first kappa shape index (κ1) is 9.08. The molecule has 2 aromatic heterocycles. The monoisotopic (exact) mass is 202 g/mol. The molecule has 0 bridgehead atoms. The summed E-state index contributed by atoms with van der Waals surface area (Å²) in [7, 11) is 0. The number of rotatable bonds is 3. The SMILES string of the molecule is N#Cc1cnc(NCc2ncon2)cn1. The van der Waals surface area contributed by atoms with Crippen LogP contribution in [0, 0.1) is 11.3 Å². The van der Waals surface area contributed by atoms with Crippen LogP contribution < -0.4 is 5.32 Å². The van der Waals surface area contributed by atoms with Crippen molar-refractivity contribution in [1.29, 1.82) is 5.26 Å². The predicted octanol–water partition coefficient (Wildman–Crippen LogP) is 0.343. The Morgan fingerprint density at radius 1 is 1.33 bits per heavy atom. The molecule has 1 N–H and O–H groups in total. The first-order valence-corrected chi connectivity index (χ1v) is 4.10. The van der Waals surface area contributed by atoms with Gasteiger partial charge in [0.05, 0.1) is 18.9 Å². The van der Waals surface area contributed by atoms with Crippen molar-refractivity contribution in [2.24, 2.45) is 0 Å². The van der Waals surface area contributed by atoms with Crippen LogP contribution in [0.15, 0.2) is 23.3 Å². The van der Waals surface area contributed by atoms with Gasteiger partial charge in [0.2, 0.25) is 6.39 Å². The zero-order valence-corrected chi connectivity index (χ0v) is 7.58. The molecule has 0 spiro atoms. The summed E-state index contributed by atoms with van der Waals surface area (Å²) in [4.78, 5) is 11.6. The third-order valence-corrected chi connectivity index (χ3v) is 1.60. The topological polar surface area (TPSA) is 101 Å². The van der Waals surface area contributed by atoms with Crippen LogP contribution >= 0.6 is 0 Å². The lowest BCUT2D eigenvalue weighted by Gasteiger charge is -2.00. The van der Waals surface area contributed by atoms with Crippen LogP contribution in [0.3, 0.4) is 0 Å². The summed E-state index contributed by atoms with van der Waals surface area (Å²) in [6, 6.07) is 1.88. The molecule has 74 valence electrons. The first-order valence-electron chi connectivity index (χ1n) is 4.10. The standard InChI is InChI=1S/C8H6N6O/c9-1-6-2-11-7(3-10-6)12-4-8-13-5-15-14-8/h2-3,5H,4H2,(H,11,12). The molecule has 0 radical (unpaired) electrons. The third kappa shape index (κ3) is 2.25. The van der Waals surface area contributed by atoms with E-state index < -0.39 is 0 Å². The van der Waals surface area contributed by atoms with Crippen LogP contribution in [-0.4, -0.2) is 20.1 Å². The number of nitrogens with zero attached hydrogens (tertiary/aromatic N) is 5. The van der Waals surface area contributed by atoms with E-state index in [2.05, 4.69) is 29.9 Å². The molecular formula is C8H6N6O. The van der Waals surface area contributed by atoms with Gasteiger partial charge in [-0.3, -0.25) is 0 Å².